The average Bonchev–Trinajstić information content (AvgIpc) is 2.27. The van der Waals surface area contributed by atoms with Gasteiger partial charge in [0.05, 0.1) is 0 Å². The van der Waals surface area contributed by atoms with Crippen molar-refractivity contribution >= 4 is 0 Å². The highest BCUT2D eigenvalue weighted by Crippen LogP contribution is 2.23. The molecule has 1 fully saturated rings. The number of nitrogens with one attached hydrogen (secondary N) is 1. The molecule has 1 N–H and O–H groups in total. The highest BCUT2D eigenvalue weighted by Gasteiger charge is 2.34. The lowest BCUT2D eigenvalue weighted by Gasteiger charge is -2.47. The zero-order chi connectivity index (χ0) is 13.1. The van der Waals surface area contributed by atoms with Crippen LogP contribution in [0.4, 0.5) is 0 Å². The molecule has 3 unspecified atom stereocenters. The summed E-state index contributed by atoms with van der Waals surface area (Å²) < 4.78 is 0. The Balaban J connectivity index is 2.62. The number of hydrogen-bond donors (Lipinski definition) is 1. The van der Waals surface area contributed by atoms with Crippen molar-refractivity contribution in [1.29, 1.82) is 0 Å². The number of hydrogen-bond acceptors (Lipinski definition) is 2. The number of piperazine rings is 1. The molecule has 1 rings (SSSR count). The summed E-state index contributed by atoms with van der Waals surface area (Å²) in [6, 6.07) is 1.44. The van der Waals surface area contributed by atoms with Crippen molar-refractivity contribution in [2.45, 2.75) is 78.4 Å². The van der Waals surface area contributed by atoms with E-state index >= 15 is 0 Å². The molecule has 3 atom stereocenters. The molecule has 0 radical (unpaired) electrons. The van der Waals surface area contributed by atoms with Crippen LogP contribution in [0.5, 0.6) is 0 Å². The Kier molecular flexibility index (Phi) is 5.46. The molecule has 17 heavy (non-hydrogen) atoms. The summed E-state index contributed by atoms with van der Waals surface area (Å²) >= 11 is 0. The quantitative estimate of drug-likeness (QED) is 0.793. The van der Waals surface area contributed by atoms with Gasteiger partial charge in [-0.3, -0.25) is 4.90 Å². The SMILES string of the molecule is CCC(C)CC(C)N1CC(C)(C)NCC1CC. The normalized spacial score (nSPS) is 28.9. The van der Waals surface area contributed by atoms with E-state index in [1.807, 2.05) is 0 Å². The highest BCUT2D eigenvalue weighted by molar-refractivity contribution is 4.93. The molecule has 0 spiro atoms. The zero-order valence-corrected chi connectivity index (χ0v) is 12.7. The third kappa shape index (κ3) is 4.26. The summed E-state index contributed by atoms with van der Waals surface area (Å²) in [5.41, 5.74) is 0.273. The maximum absolute atomic E-state index is 3.67. The summed E-state index contributed by atoms with van der Waals surface area (Å²) in [5.74, 6) is 0.848. The van der Waals surface area contributed by atoms with Crippen molar-refractivity contribution in [1.82, 2.24) is 10.2 Å². The Morgan fingerprint density at radius 1 is 1.29 bits per heavy atom. The Labute approximate surface area is 108 Å². The van der Waals surface area contributed by atoms with Gasteiger partial charge in [0.2, 0.25) is 0 Å². The molecule has 1 aliphatic rings. The summed E-state index contributed by atoms with van der Waals surface area (Å²) in [7, 11) is 0. The van der Waals surface area contributed by atoms with Crippen LogP contribution in [0.1, 0.15) is 60.8 Å². The molecule has 2 heteroatoms. The molecule has 0 bridgehead atoms. The minimum atomic E-state index is 0.273. The molecule has 0 amide bonds. The summed E-state index contributed by atoms with van der Waals surface area (Å²) in [6.07, 6.45) is 3.90. The van der Waals surface area contributed by atoms with E-state index in [-0.39, 0.29) is 5.54 Å². The van der Waals surface area contributed by atoms with E-state index < -0.39 is 0 Å². The molecule has 2 nitrogen and oxygen atoms in total. The predicted octanol–water partition coefficient (Wildman–Crippen LogP) is 3.27. The van der Waals surface area contributed by atoms with Crippen LogP contribution in [0.15, 0.2) is 0 Å². The molecule has 0 aromatic rings. The maximum Gasteiger partial charge on any atom is 0.0253 e. The van der Waals surface area contributed by atoms with Crippen molar-refractivity contribution in [3.05, 3.63) is 0 Å². The summed E-state index contributed by atoms with van der Waals surface area (Å²) in [6.45, 7) is 16.4. The van der Waals surface area contributed by atoms with Crippen LogP contribution in [-0.4, -0.2) is 35.6 Å². The first-order chi connectivity index (χ1) is 7.89. The van der Waals surface area contributed by atoms with Crippen LogP contribution in [-0.2, 0) is 0 Å². The van der Waals surface area contributed by atoms with Gasteiger partial charge < -0.3 is 5.32 Å². The van der Waals surface area contributed by atoms with Gasteiger partial charge in [0.25, 0.3) is 0 Å². The third-order valence-electron chi connectivity index (χ3n) is 4.34. The molecule has 0 aromatic heterocycles. The molecule has 0 saturated carbocycles. The van der Waals surface area contributed by atoms with Crippen LogP contribution in [0.3, 0.4) is 0 Å². The van der Waals surface area contributed by atoms with E-state index in [9.17, 15) is 0 Å². The lowest BCUT2D eigenvalue weighted by atomic mass is 9.92. The molecule has 1 heterocycles. The van der Waals surface area contributed by atoms with Crippen molar-refractivity contribution in [3.63, 3.8) is 0 Å². The Morgan fingerprint density at radius 3 is 2.47 bits per heavy atom. The second-order valence-electron chi connectivity index (χ2n) is 6.60. The van der Waals surface area contributed by atoms with Crippen LogP contribution < -0.4 is 5.32 Å². The molecule has 102 valence electrons. The predicted molar refractivity (Wildman–Crippen MR) is 76.4 cm³/mol. The average molecular weight is 240 g/mol. The van der Waals surface area contributed by atoms with Gasteiger partial charge in [0.15, 0.2) is 0 Å². The molecule has 0 aromatic carbocycles. The monoisotopic (exact) mass is 240 g/mol. The lowest BCUT2D eigenvalue weighted by Crippen LogP contribution is -2.63. The molecular formula is C15H32N2. The Hall–Kier alpha value is -0.0800. The van der Waals surface area contributed by atoms with E-state index in [1.165, 1.54) is 25.8 Å². The van der Waals surface area contributed by atoms with Gasteiger partial charge in [-0.2, -0.15) is 0 Å². The van der Waals surface area contributed by atoms with Gasteiger partial charge in [-0.25, -0.2) is 0 Å². The van der Waals surface area contributed by atoms with Gasteiger partial charge in [0, 0.05) is 30.7 Å². The fourth-order valence-corrected chi connectivity index (χ4v) is 2.93. The minimum Gasteiger partial charge on any atom is -0.309 e. The lowest BCUT2D eigenvalue weighted by molar-refractivity contribution is 0.0493. The van der Waals surface area contributed by atoms with Crippen LogP contribution >= 0.6 is 0 Å². The standard InChI is InChI=1S/C15H32N2/c1-7-12(3)9-13(4)17-11-15(5,6)16-10-14(17)8-2/h12-14,16H,7-11H2,1-6H3. The fourth-order valence-electron chi connectivity index (χ4n) is 2.93. The molecule has 1 saturated heterocycles. The second kappa shape index (κ2) is 6.19. The van der Waals surface area contributed by atoms with Gasteiger partial charge in [-0.15, -0.1) is 0 Å². The van der Waals surface area contributed by atoms with E-state index in [0.717, 1.165) is 24.5 Å². The summed E-state index contributed by atoms with van der Waals surface area (Å²) in [4.78, 5) is 2.74. The third-order valence-corrected chi connectivity index (χ3v) is 4.34. The minimum absolute atomic E-state index is 0.273. The van der Waals surface area contributed by atoms with Crippen molar-refractivity contribution in [2.24, 2.45) is 5.92 Å². The molecule has 0 aliphatic carbocycles. The summed E-state index contributed by atoms with van der Waals surface area (Å²) in [5, 5.41) is 3.67. The van der Waals surface area contributed by atoms with Gasteiger partial charge in [-0.1, -0.05) is 27.2 Å². The Morgan fingerprint density at radius 2 is 1.94 bits per heavy atom. The highest BCUT2D eigenvalue weighted by atomic mass is 15.3. The van der Waals surface area contributed by atoms with Crippen LogP contribution in [0.25, 0.3) is 0 Å². The zero-order valence-electron chi connectivity index (χ0n) is 12.7. The first kappa shape index (κ1) is 15.0. The number of rotatable bonds is 5. The Bertz CT molecular complexity index is 225. The fraction of sp³-hybridized carbons (Fsp3) is 1.00. The molecule has 1 aliphatic heterocycles. The van der Waals surface area contributed by atoms with E-state index in [2.05, 4.69) is 51.8 Å². The molecular weight excluding hydrogens is 208 g/mol. The topological polar surface area (TPSA) is 15.3 Å². The number of nitrogens with zero attached hydrogens (tertiary/aromatic N) is 1. The van der Waals surface area contributed by atoms with Crippen LogP contribution in [0, 0.1) is 5.92 Å². The van der Waals surface area contributed by atoms with Crippen molar-refractivity contribution in [2.75, 3.05) is 13.1 Å². The maximum atomic E-state index is 3.67. The largest absolute Gasteiger partial charge is 0.309 e. The van der Waals surface area contributed by atoms with E-state index in [0.29, 0.717) is 0 Å². The van der Waals surface area contributed by atoms with Crippen molar-refractivity contribution < 1.29 is 0 Å². The van der Waals surface area contributed by atoms with Gasteiger partial charge in [0.1, 0.15) is 0 Å². The smallest absolute Gasteiger partial charge is 0.0253 e. The first-order valence-corrected chi connectivity index (χ1v) is 7.40. The second-order valence-corrected chi connectivity index (χ2v) is 6.60. The van der Waals surface area contributed by atoms with Crippen LogP contribution in [0.2, 0.25) is 0 Å². The van der Waals surface area contributed by atoms with Gasteiger partial charge in [-0.05, 0) is 39.5 Å². The van der Waals surface area contributed by atoms with E-state index in [1.54, 1.807) is 0 Å². The van der Waals surface area contributed by atoms with Gasteiger partial charge >= 0.3 is 0 Å². The first-order valence-electron chi connectivity index (χ1n) is 7.40. The van der Waals surface area contributed by atoms with E-state index in [4.69, 9.17) is 0 Å². The van der Waals surface area contributed by atoms with Crippen molar-refractivity contribution in [3.8, 4) is 0 Å².